The van der Waals surface area contributed by atoms with E-state index in [1.807, 2.05) is 18.3 Å². The molecule has 0 radical (unpaired) electrons. The van der Waals surface area contributed by atoms with Crippen molar-refractivity contribution in [3.63, 3.8) is 0 Å². The summed E-state index contributed by atoms with van der Waals surface area (Å²) < 4.78 is 4.56. The zero-order chi connectivity index (χ0) is 43.9. The van der Waals surface area contributed by atoms with Crippen LogP contribution >= 0.6 is 11.6 Å². The maximum atomic E-state index is 7.81. The van der Waals surface area contributed by atoms with E-state index >= 15 is 0 Å². The smallest absolute Gasteiger partial charge is 0.145 e. The SMILES string of the molecule is Cc1cccc(C)c1-n1c(-c2ccc(N(Cc3ccccc3)c3cccc(N(Cc4ccccc4)c4ccc5c(c4)c4ccccc4n5-c4ccccn4)c3Cl)cc2)nc2ccccc21. The number of anilines is 4. The Balaban J connectivity index is 1.04. The third kappa shape index (κ3) is 7.38. The summed E-state index contributed by atoms with van der Waals surface area (Å²) in [5.41, 5.74) is 15.1. The molecule has 0 aliphatic rings. The van der Waals surface area contributed by atoms with Gasteiger partial charge in [0, 0.05) is 47.0 Å². The van der Waals surface area contributed by atoms with Crippen LogP contribution in [0.2, 0.25) is 5.02 Å². The summed E-state index contributed by atoms with van der Waals surface area (Å²) >= 11 is 7.81. The number of aromatic nitrogens is 4. The Kier molecular flexibility index (Phi) is 10.4. The molecule has 0 aliphatic carbocycles. The highest BCUT2D eigenvalue weighted by atomic mass is 35.5. The lowest BCUT2D eigenvalue weighted by Crippen LogP contribution is -2.20. The fourth-order valence-electron chi connectivity index (χ4n) is 9.34. The first-order valence-electron chi connectivity index (χ1n) is 22.0. The minimum absolute atomic E-state index is 0.613. The van der Waals surface area contributed by atoms with E-state index in [1.54, 1.807) is 0 Å². The van der Waals surface area contributed by atoms with E-state index in [-0.39, 0.29) is 0 Å². The summed E-state index contributed by atoms with van der Waals surface area (Å²) in [4.78, 5) is 14.6. The van der Waals surface area contributed by atoms with Gasteiger partial charge in [-0.1, -0.05) is 133 Å². The summed E-state index contributed by atoms with van der Waals surface area (Å²) in [6.07, 6.45) is 1.85. The molecule has 0 atom stereocenters. The van der Waals surface area contributed by atoms with Crippen molar-refractivity contribution in [2.45, 2.75) is 26.9 Å². The van der Waals surface area contributed by atoms with Crippen molar-refractivity contribution in [1.29, 1.82) is 0 Å². The highest BCUT2D eigenvalue weighted by Crippen LogP contribution is 2.44. The van der Waals surface area contributed by atoms with E-state index < -0.39 is 0 Å². The third-order valence-electron chi connectivity index (χ3n) is 12.4. The first-order valence-corrected chi connectivity index (χ1v) is 22.4. The molecule has 11 aromatic rings. The van der Waals surface area contributed by atoms with Gasteiger partial charge in [-0.3, -0.25) is 9.13 Å². The molecule has 0 saturated carbocycles. The van der Waals surface area contributed by atoms with E-state index in [4.69, 9.17) is 21.6 Å². The number of hydrogen-bond donors (Lipinski definition) is 0. The quantitative estimate of drug-likeness (QED) is 0.130. The first kappa shape index (κ1) is 39.9. The summed E-state index contributed by atoms with van der Waals surface area (Å²) in [5, 5.41) is 2.97. The van der Waals surface area contributed by atoms with Crippen molar-refractivity contribution in [2.24, 2.45) is 0 Å². The fraction of sp³-hybridized carbons (Fsp3) is 0.0690. The van der Waals surface area contributed by atoms with Crippen LogP contribution in [0.5, 0.6) is 0 Å². The molecule has 11 rings (SSSR count). The molecule has 0 amide bonds. The van der Waals surface area contributed by atoms with Crippen LogP contribution in [-0.4, -0.2) is 19.1 Å². The van der Waals surface area contributed by atoms with Gasteiger partial charge in [-0.05, 0) is 121 Å². The maximum Gasteiger partial charge on any atom is 0.145 e. The van der Waals surface area contributed by atoms with Crippen molar-refractivity contribution >= 4 is 67.2 Å². The Labute approximate surface area is 383 Å². The number of hydrogen-bond acceptors (Lipinski definition) is 4. The average Bonchev–Trinajstić information content (AvgIpc) is 3.90. The normalized spacial score (nSPS) is 11.4. The highest BCUT2D eigenvalue weighted by molar-refractivity contribution is 6.36. The molecule has 0 fully saturated rings. The van der Waals surface area contributed by atoms with Crippen molar-refractivity contribution in [1.82, 2.24) is 19.1 Å². The maximum absolute atomic E-state index is 7.81. The lowest BCUT2D eigenvalue weighted by molar-refractivity contribution is 0.959. The molecule has 0 bridgehead atoms. The zero-order valence-corrected chi connectivity index (χ0v) is 36.9. The largest absolute Gasteiger partial charge is 0.336 e. The molecule has 3 aromatic heterocycles. The Morgan fingerprint density at radius 1 is 0.477 bits per heavy atom. The number of rotatable bonds is 11. The molecule has 0 spiro atoms. The Bertz CT molecular complexity index is 3450. The predicted octanol–water partition coefficient (Wildman–Crippen LogP) is 15.1. The minimum Gasteiger partial charge on any atom is -0.336 e. The van der Waals surface area contributed by atoms with Gasteiger partial charge in [0.15, 0.2) is 0 Å². The first-order chi connectivity index (χ1) is 32.0. The predicted molar refractivity (Wildman–Crippen MR) is 271 cm³/mol. The number of para-hydroxylation sites is 4. The molecule has 0 aliphatic heterocycles. The Morgan fingerprint density at radius 3 is 1.72 bits per heavy atom. The summed E-state index contributed by atoms with van der Waals surface area (Å²) in [6.45, 7) is 5.57. The van der Waals surface area contributed by atoms with Crippen LogP contribution in [0.25, 0.3) is 55.7 Å². The van der Waals surface area contributed by atoms with E-state index in [9.17, 15) is 0 Å². The van der Waals surface area contributed by atoms with Crippen molar-refractivity contribution in [3.05, 3.63) is 240 Å². The fourth-order valence-corrected chi connectivity index (χ4v) is 9.67. The van der Waals surface area contributed by atoms with Gasteiger partial charge < -0.3 is 9.80 Å². The number of halogens is 1. The molecule has 6 nitrogen and oxygen atoms in total. The molecule has 7 heteroatoms. The van der Waals surface area contributed by atoms with Gasteiger partial charge in [0.25, 0.3) is 0 Å². The molecule has 0 saturated heterocycles. The lowest BCUT2D eigenvalue weighted by atomic mass is 10.1. The average molecular weight is 861 g/mol. The van der Waals surface area contributed by atoms with Gasteiger partial charge in [-0.15, -0.1) is 0 Å². The van der Waals surface area contributed by atoms with Crippen LogP contribution in [0.4, 0.5) is 22.7 Å². The molecule has 314 valence electrons. The second-order valence-corrected chi connectivity index (χ2v) is 16.9. The summed E-state index contributed by atoms with van der Waals surface area (Å²) in [6, 6.07) is 72.5. The standard InChI is InChI=1S/C58H45ClN6/c1-40-17-15-18-41(2)57(40)65-52-26-12-10-24-49(52)61-58(65)44-30-32-45(33-31-44)62(38-42-19-5-3-6-20-42)53-27-16-28-54(56(53)59)63(39-43-21-7-4-8-22-43)46-34-35-51-48(37-46)47-23-9-11-25-50(47)64(51)55-29-13-14-36-60-55/h3-37H,38-39H2,1-2H3. The second-order valence-electron chi connectivity index (χ2n) is 16.5. The van der Waals surface area contributed by atoms with E-state index in [0.717, 1.165) is 78.5 Å². The van der Waals surface area contributed by atoms with Gasteiger partial charge in [0.05, 0.1) is 44.2 Å². The molecule has 65 heavy (non-hydrogen) atoms. The number of fused-ring (bicyclic) bond motifs is 4. The molecular formula is C58H45ClN6. The van der Waals surface area contributed by atoms with Crippen molar-refractivity contribution < 1.29 is 0 Å². The van der Waals surface area contributed by atoms with Crippen LogP contribution in [0.3, 0.4) is 0 Å². The van der Waals surface area contributed by atoms with Crippen LogP contribution < -0.4 is 9.80 Å². The molecule has 3 heterocycles. The Hall–Kier alpha value is -7.93. The monoisotopic (exact) mass is 860 g/mol. The highest BCUT2D eigenvalue weighted by Gasteiger charge is 2.23. The summed E-state index contributed by atoms with van der Waals surface area (Å²) in [7, 11) is 0. The van der Waals surface area contributed by atoms with Crippen molar-refractivity contribution in [3.8, 4) is 22.9 Å². The molecule has 0 N–H and O–H groups in total. The van der Waals surface area contributed by atoms with Gasteiger partial charge >= 0.3 is 0 Å². The molecule has 0 unspecified atom stereocenters. The van der Waals surface area contributed by atoms with Gasteiger partial charge in [-0.25, -0.2) is 9.97 Å². The van der Waals surface area contributed by atoms with Crippen LogP contribution in [0, 0.1) is 13.8 Å². The minimum atomic E-state index is 0.613. The zero-order valence-electron chi connectivity index (χ0n) is 36.2. The van der Waals surface area contributed by atoms with Crippen LogP contribution in [0.15, 0.2) is 212 Å². The number of imidazole rings is 1. The van der Waals surface area contributed by atoms with E-state index in [0.29, 0.717) is 18.1 Å². The third-order valence-corrected chi connectivity index (χ3v) is 12.8. The van der Waals surface area contributed by atoms with Gasteiger partial charge in [0.2, 0.25) is 0 Å². The topological polar surface area (TPSA) is 42.1 Å². The van der Waals surface area contributed by atoms with E-state index in [1.165, 1.54) is 22.3 Å². The number of pyridine rings is 1. The number of aryl methyl sites for hydroxylation is 2. The van der Waals surface area contributed by atoms with Crippen molar-refractivity contribution in [2.75, 3.05) is 9.80 Å². The lowest BCUT2D eigenvalue weighted by Gasteiger charge is -2.31. The van der Waals surface area contributed by atoms with Crippen LogP contribution in [-0.2, 0) is 13.1 Å². The number of nitrogens with zero attached hydrogens (tertiary/aromatic N) is 6. The summed E-state index contributed by atoms with van der Waals surface area (Å²) in [5.74, 6) is 1.79. The number of benzene rings is 8. The Morgan fingerprint density at radius 2 is 1.05 bits per heavy atom. The van der Waals surface area contributed by atoms with Gasteiger partial charge in [-0.2, -0.15) is 0 Å². The molecule has 8 aromatic carbocycles. The van der Waals surface area contributed by atoms with Crippen LogP contribution in [0.1, 0.15) is 22.3 Å². The van der Waals surface area contributed by atoms with Gasteiger partial charge in [0.1, 0.15) is 11.6 Å². The molecular weight excluding hydrogens is 816 g/mol. The van der Waals surface area contributed by atoms with E-state index in [2.05, 4.69) is 227 Å². The second kappa shape index (κ2) is 17.0.